The zero-order valence-electron chi connectivity index (χ0n) is 13.1. The second-order valence-corrected chi connectivity index (χ2v) is 8.17. The van der Waals surface area contributed by atoms with Gasteiger partial charge < -0.3 is 0 Å². The van der Waals surface area contributed by atoms with Crippen LogP contribution in [0.25, 0.3) is 22.3 Å². The molecule has 0 N–H and O–H groups in total. The van der Waals surface area contributed by atoms with Gasteiger partial charge in [0.15, 0.2) is 0 Å². The summed E-state index contributed by atoms with van der Waals surface area (Å²) >= 11 is 0. The fourth-order valence-corrected chi connectivity index (χ4v) is 3.53. The second kappa shape index (κ2) is 6.62. The molecular weight excluding hydrogens is 382 g/mol. The second-order valence-electron chi connectivity index (χ2n) is 5.47. The lowest BCUT2D eigenvalue weighted by molar-refractivity contribution is 0.550. The average Bonchev–Trinajstić information content (AvgIpc) is 2.60. The summed E-state index contributed by atoms with van der Waals surface area (Å²) in [6, 6.07) is 17.6. The van der Waals surface area contributed by atoms with Crippen LogP contribution in [0.4, 0.5) is 7.77 Å². The number of hydrogen-bond acceptors (Lipinski definition) is 4. The maximum atomic E-state index is 13.4. The van der Waals surface area contributed by atoms with Crippen molar-refractivity contribution >= 4 is 20.4 Å². The van der Waals surface area contributed by atoms with Gasteiger partial charge in [-0.3, -0.25) is 0 Å². The topological polar surface area (TPSA) is 68.3 Å². The molecule has 3 aromatic carbocycles. The molecule has 8 heteroatoms. The Kier molecular flexibility index (Phi) is 4.64. The molecule has 0 aliphatic rings. The Morgan fingerprint density at radius 2 is 1.04 bits per heavy atom. The van der Waals surface area contributed by atoms with E-state index in [4.69, 9.17) is 0 Å². The SMILES string of the molecule is O=S(=O)(F)c1ccc(-c2cc(S(=O)(=O)F)ccc2-c2ccccc2)cc1. The lowest BCUT2D eigenvalue weighted by atomic mass is 9.95. The standard InChI is InChI=1S/C18H12F2O4S2/c19-25(21,22)15-8-6-14(7-9-15)18-12-16(26(20,23)24)10-11-17(18)13-4-2-1-3-5-13/h1-12H. The third-order valence-corrected chi connectivity index (χ3v) is 5.46. The van der Waals surface area contributed by atoms with Crippen molar-refractivity contribution in [1.82, 2.24) is 0 Å². The van der Waals surface area contributed by atoms with Gasteiger partial charge in [0.1, 0.15) is 0 Å². The van der Waals surface area contributed by atoms with E-state index in [-0.39, 0.29) is 0 Å². The van der Waals surface area contributed by atoms with Crippen molar-refractivity contribution in [2.75, 3.05) is 0 Å². The van der Waals surface area contributed by atoms with Crippen LogP contribution in [-0.2, 0) is 20.4 Å². The highest BCUT2D eigenvalue weighted by Gasteiger charge is 2.17. The zero-order valence-corrected chi connectivity index (χ0v) is 14.8. The third-order valence-electron chi connectivity index (χ3n) is 3.80. The zero-order chi connectivity index (χ0) is 18.9. The van der Waals surface area contributed by atoms with Crippen molar-refractivity contribution in [2.24, 2.45) is 0 Å². The summed E-state index contributed by atoms with van der Waals surface area (Å²) in [5, 5.41) is 0. The van der Waals surface area contributed by atoms with Gasteiger partial charge in [-0.15, -0.1) is 7.77 Å². The van der Waals surface area contributed by atoms with E-state index in [1.54, 1.807) is 24.3 Å². The van der Waals surface area contributed by atoms with Crippen LogP contribution >= 0.6 is 0 Å². The van der Waals surface area contributed by atoms with E-state index >= 15 is 0 Å². The quantitative estimate of drug-likeness (QED) is 0.618. The van der Waals surface area contributed by atoms with Crippen LogP contribution in [-0.4, -0.2) is 16.8 Å². The molecule has 0 saturated carbocycles. The number of halogens is 2. The number of rotatable bonds is 4. The Labute approximate surface area is 150 Å². The Balaban J connectivity index is 2.23. The van der Waals surface area contributed by atoms with Gasteiger partial charge in [0.2, 0.25) is 0 Å². The van der Waals surface area contributed by atoms with Gasteiger partial charge in [-0.1, -0.05) is 48.5 Å². The van der Waals surface area contributed by atoms with E-state index in [2.05, 4.69) is 0 Å². The first-order chi connectivity index (χ1) is 12.2. The molecule has 0 amide bonds. The first-order valence-electron chi connectivity index (χ1n) is 7.35. The van der Waals surface area contributed by atoms with Crippen LogP contribution in [0.2, 0.25) is 0 Å². The molecule has 0 atom stereocenters. The van der Waals surface area contributed by atoms with E-state index in [0.717, 1.165) is 29.8 Å². The van der Waals surface area contributed by atoms with E-state index in [0.29, 0.717) is 16.7 Å². The van der Waals surface area contributed by atoms with E-state index < -0.39 is 30.2 Å². The van der Waals surface area contributed by atoms with Gasteiger partial charge in [0.05, 0.1) is 9.79 Å². The van der Waals surface area contributed by atoms with Gasteiger partial charge >= 0.3 is 20.4 Å². The number of hydrogen-bond donors (Lipinski definition) is 0. The van der Waals surface area contributed by atoms with Crippen molar-refractivity contribution < 1.29 is 24.6 Å². The molecule has 0 unspecified atom stereocenters. The third kappa shape index (κ3) is 3.81. The molecule has 3 aromatic rings. The van der Waals surface area contributed by atoms with Gasteiger partial charge in [-0.25, -0.2) is 0 Å². The summed E-state index contributed by atoms with van der Waals surface area (Å²) in [6.45, 7) is 0. The molecule has 0 aromatic heterocycles. The lowest BCUT2D eigenvalue weighted by Gasteiger charge is -2.12. The molecule has 134 valence electrons. The first kappa shape index (κ1) is 18.2. The van der Waals surface area contributed by atoms with Gasteiger partial charge in [0.25, 0.3) is 0 Å². The van der Waals surface area contributed by atoms with Crippen molar-refractivity contribution in [3.05, 3.63) is 72.8 Å². The van der Waals surface area contributed by atoms with E-state index in [1.165, 1.54) is 18.2 Å². The molecule has 0 aliphatic carbocycles. The molecule has 0 fully saturated rings. The minimum atomic E-state index is -4.92. The summed E-state index contributed by atoms with van der Waals surface area (Å²) < 4.78 is 70.9. The molecule has 3 rings (SSSR count). The Morgan fingerprint density at radius 3 is 1.58 bits per heavy atom. The van der Waals surface area contributed by atoms with Crippen molar-refractivity contribution in [3.8, 4) is 22.3 Å². The van der Waals surface area contributed by atoms with Crippen LogP contribution in [0.3, 0.4) is 0 Å². The van der Waals surface area contributed by atoms with Crippen LogP contribution in [0.15, 0.2) is 82.6 Å². The highest BCUT2D eigenvalue weighted by Crippen LogP contribution is 2.35. The van der Waals surface area contributed by atoms with Crippen LogP contribution in [0, 0.1) is 0 Å². The predicted octanol–water partition coefficient (Wildman–Crippen LogP) is 4.34. The highest BCUT2D eigenvalue weighted by atomic mass is 32.3. The molecule has 0 saturated heterocycles. The summed E-state index contributed by atoms with van der Waals surface area (Å²) in [6.07, 6.45) is 0. The highest BCUT2D eigenvalue weighted by molar-refractivity contribution is 7.86. The molecule has 26 heavy (non-hydrogen) atoms. The average molecular weight is 394 g/mol. The summed E-state index contributed by atoms with van der Waals surface area (Å²) in [4.78, 5) is -1.04. The predicted molar refractivity (Wildman–Crippen MR) is 93.9 cm³/mol. The Bertz CT molecular complexity index is 1160. The molecule has 0 bridgehead atoms. The van der Waals surface area contributed by atoms with E-state index in [1.807, 2.05) is 6.07 Å². The first-order valence-corrected chi connectivity index (χ1v) is 10.1. The maximum absolute atomic E-state index is 13.4. The normalized spacial score (nSPS) is 12.1. The molecule has 0 radical (unpaired) electrons. The molecule has 0 heterocycles. The fraction of sp³-hybridized carbons (Fsp3) is 0. The Hall–Kier alpha value is -2.58. The van der Waals surface area contributed by atoms with Crippen LogP contribution in [0.1, 0.15) is 0 Å². The summed E-state index contributed by atoms with van der Waals surface area (Å²) in [7, 11) is -9.77. The largest absolute Gasteiger partial charge is 0.332 e. The summed E-state index contributed by atoms with van der Waals surface area (Å²) in [5.41, 5.74) is 2.17. The van der Waals surface area contributed by atoms with Gasteiger partial charge in [0, 0.05) is 0 Å². The Morgan fingerprint density at radius 1 is 0.538 bits per heavy atom. The van der Waals surface area contributed by atoms with E-state index in [9.17, 15) is 24.6 Å². The smallest absolute Gasteiger partial charge is 0.189 e. The minimum Gasteiger partial charge on any atom is -0.189 e. The maximum Gasteiger partial charge on any atom is 0.332 e. The van der Waals surface area contributed by atoms with Crippen molar-refractivity contribution in [2.45, 2.75) is 9.79 Å². The molecule has 4 nitrogen and oxygen atoms in total. The van der Waals surface area contributed by atoms with Crippen LogP contribution < -0.4 is 0 Å². The minimum absolute atomic E-state index is 0.373. The molecule has 0 spiro atoms. The molecule has 0 aliphatic heterocycles. The fourth-order valence-electron chi connectivity index (χ4n) is 2.58. The monoisotopic (exact) mass is 394 g/mol. The van der Waals surface area contributed by atoms with Gasteiger partial charge in [-0.05, 0) is 46.5 Å². The lowest BCUT2D eigenvalue weighted by Crippen LogP contribution is -1.95. The number of benzene rings is 3. The molecular formula is C18H12F2O4S2. The van der Waals surface area contributed by atoms with Gasteiger partial charge in [-0.2, -0.15) is 16.8 Å². The van der Waals surface area contributed by atoms with Crippen molar-refractivity contribution in [3.63, 3.8) is 0 Å². The van der Waals surface area contributed by atoms with Crippen molar-refractivity contribution in [1.29, 1.82) is 0 Å². The summed E-state index contributed by atoms with van der Waals surface area (Å²) in [5.74, 6) is 0. The van der Waals surface area contributed by atoms with Crippen LogP contribution in [0.5, 0.6) is 0 Å².